The smallest absolute Gasteiger partial charge is 0.744 e. The molecular formula is C17H13N2NaO6S. The second kappa shape index (κ2) is 8.24. The number of hydrogen-bond donors (Lipinski definition) is 2. The first-order valence-electron chi connectivity index (χ1n) is 7.31. The van der Waals surface area contributed by atoms with Crippen molar-refractivity contribution in [3.05, 3.63) is 48.5 Å². The van der Waals surface area contributed by atoms with Gasteiger partial charge in [-0.05, 0) is 24.3 Å². The van der Waals surface area contributed by atoms with Gasteiger partial charge in [0.25, 0.3) is 0 Å². The topological polar surface area (TPSA) is 132 Å². The van der Waals surface area contributed by atoms with Gasteiger partial charge in [0.05, 0.1) is 17.4 Å². The Kier molecular flexibility index (Phi) is 6.45. The molecule has 134 valence electrons. The van der Waals surface area contributed by atoms with E-state index in [-0.39, 0.29) is 51.8 Å². The maximum Gasteiger partial charge on any atom is 1.00 e. The number of azo groups is 1. The van der Waals surface area contributed by atoms with Crippen molar-refractivity contribution < 1.29 is 57.5 Å². The fraction of sp³-hybridized carbons (Fsp3) is 0.0588. The second-order valence-corrected chi connectivity index (χ2v) is 6.62. The molecule has 0 amide bonds. The fourth-order valence-electron chi connectivity index (χ4n) is 2.50. The van der Waals surface area contributed by atoms with Gasteiger partial charge in [-0.15, -0.1) is 10.2 Å². The zero-order valence-corrected chi connectivity index (χ0v) is 17.3. The maximum absolute atomic E-state index is 11.6. The molecule has 0 aliphatic heterocycles. The van der Waals surface area contributed by atoms with Crippen LogP contribution in [0.4, 0.5) is 11.4 Å². The van der Waals surface area contributed by atoms with Crippen molar-refractivity contribution >= 4 is 32.3 Å². The van der Waals surface area contributed by atoms with Crippen LogP contribution in [-0.2, 0) is 10.1 Å². The van der Waals surface area contributed by atoms with Gasteiger partial charge in [0.2, 0.25) is 0 Å². The van der Waals surface area contributed by atoms with E-state index in [1.807, 2.05) is 0 Å². The maximum atomic E-state index is 11.6. The number of para-hydroxylation sites is 1. The number of ether oxygens (including phenoxy) is 1. The van der Waals surface area contributed by atoms with E-state index in [1.54, 1.807) is 24.3 Å². The zero-order valence-electron chi connectivity index (χ0n) is 14.4. The standard InChI is InChI=1S/C17H14N2O6S.Na/c1-25-14-8-3-2-6-11(14)18-19-12-9-15(26(22,23)24)10-5-4-7-13(20)16(10)17(12)21;/h2-9,20-21H,1H3,(H,22,23,24);/q;+1/p-1. The van der Waals surface area contributed by atoms with E-state index >= 15 is 0 Å². The number of fused-ring (bicyclic) bond motifs is 1. The first-order valence-corrected chi connectivity index (χ1v) is 8.72. The van der Waals surface area contributed by atoms with Gasteiger partial charge in [-0.1, -0.05) is 24.3 Å². The number of aromatic hydroxyl groups is 2. The first kappa shape index (κ1) is 21.1. The van der Waals surface area contributed by atoms with Crippen LogP contribution in [0.15, 0.2) is 63.7 Å². The zero-order chi connectivity index (χ0) is 18.9. The molecule has 0 aliphatic carbocycles. The summed E-state index contributed by atoms with van der Waals surface area (Å²) in [4.78, 5) is -0.616. The van der Waals surface area contributed by atoms with Crippen molar-refractivity contribution in [3.8, 4) is 17.2 Å². The van der Waals surface area contributed by atoms with E-state index < -0.39 is 20.8 Å². The van der Waals surface area contributed by atoms with Gasteiger partial charge >= 0.3 is 29.6 Å². The number of benzene rings is 3. The van der Waals surface area contributed by atoms with Gasteiger partial charge in [0, 0.05) is 5.39 Å². The molecule has 0 spiro atoms. The molecule has 8 nitrogen and oxygen atoms in total. The van der Waals surface area contributed by atoms with Crippen molar-refractivity contribution in [3.63, 3.8) is 0 Å². The Balaban J connectivity index is 0.00000261. The van der Waals surface area contributed by atoms with Crippen molar-refractivity contribution in [2.75, 3.05) is 7.11 Å². The third-order valence-corrected chi connectivity index (χ3v) is 4.55. The van der Waals surface area contributed by atoms with Crippen molar-refractivity contribution in [1.29, 1.82) is 0 Å². The van der Waals surface area contributed by atoms with Crippen molar-refractivity contribution in [2.24, 2.45) is 10.2 Å². The predicted octanol–water partition coefficient (Wildman–Crippen LogP) is 0.583. The molecule has 0 heterocycles. The minimum absolute atomic E-state index is 0. The van der Waals surface area contributed by atoms with Gasteiger partial charge in [0.1, 0.15) is 33.0 Å². The number of phenols is 2. The number of nitrogens with zero attached hydrogens (tertiary/aromatic N) is 2. The van der Waals surface area contributed by atoms with Gasteiger partial charge in [0.15, 0.2) is 5.75 Å². The third kappa shape index (κ3) is 4.23. The normalized spacial score (nSPS) is 11.5. The Morgan fingerprint density at radius 1 is 1.00 bits per heavy atom. The van der Waals surface area contributed by atoms with Crippen LogP contribution in [-0.4, -0.2) is 30.3 Å². The molecule has 0 saturated carbocycles. The predicted molar refractivity (Wildman–Crippen MR) is 92.4 cm³/mol. The Bertz CT molecular complexity index is 1130. The molecule has 0 fully saturated rings. The minimum atomic E-state index is -4.88. The van der Waals surface area contributed by atoms with Crippen molar-refractivity contribution in [1.82, 2.24) is 0 Å². The molecule has 0 aromatic heterocycles. The molecule has 3 aromatic carbocycles. The third-order valence-electron chi connectivity index (χ3n) is 3.68. The number of methoxy groups -OCH3 is 1. The molecular weight excluding hydrogens is 383 g/mol. The summed E-state index contributed by atoms with van der Waals surface area (Å²) in [5.74, 6) is -0.473. The monoisotopic (exact) mass is 396 g/mol. The van der Waals surface area contributed by atoms with E-state index in [0.29, 0.717) is 11.4 Å². The van der Waals surface area contributed by atoms with Crippen LogP contribution >= 0.6 is 0 Å². The molecule has 0 saturated heterocycles. The van der Waals surface area contributed by atoms with Gasteiger partial charge < -0.3 is 19.5 Å². The molecule has 0 atom stereocenters. The minimum Gasteiger partial charge on any atom is -0.744 e. The summed E-state index contributed by atoms with van der Waals surface area (Å²) in [6, 6.07) is 11.5. The van der Waals surface area contributed by atoms with Gasteiger partial charge in [-0.3, -0.25) is 0 Å². The molecule has 0 bridgehead atoms. The average molecular weight is 396 g/mol. The van der Waals surface area contributed by atoms with E-state index in [2.05, 4.69) is 10.2 Å². The molecule has 0 radical (unpaired) electrons. The van der Waals surface area contributed by atoms with Gasteiger partial charge in [-0.25, -0.2) is 8.42 Å². The summed E-state index contributed by atoms with van der Waals surface area (Å²) in [5.41, 5.74) is 0.0534. The van der Waals surface area contributed by atoms with Crippen LogP contribution in [0.25, 0.3) is 10.8 Å². The molecule has 0 unspecified atom stereocenters. The summed E-state index contributed by atoms with van der Waals surface area (Å²) in [6.45, 7) is 0. The van der Waals surface area contributed by atoms with Crippen molar-refractivity contribution in [2.45, 2.75) is 4.90 Å². The number of hydrogen-bond acceptors (Lipinski definition) is 8. The summed E-state index contributed by atoms with van der Waals surface area (Å²) in [7, 11) is -3.43. The first-order chi connectivity index (χ1) is 12.3. The molecule has 0 aliphatic rings. The SMILES string of the molecule is COc1ccccc1N=Nc1cc(S(=O)(=O)[O-])c2cccc(O)c2c1O.[Na+]. The van der Waals surface area contributed by atoms with Gasteiger partial charge in [-0.2, -0.15) is 0 Å². The Morgan fingerprint density at radius 2 is 1.67 bits per heavy atom. The molecule has 3 rings (SSSR count). The molecule has 10 heteroatoms. The van der Waals surface area contributed by atoms with E-state index in [0.717, 1.165) is 6.07 Å². The van der Waals surface area contributed by atoms with Crippen LogP contribution in [0.5, 0.6) is 17.2 Å². The quantitative estimate of drug-likeness (QED) is 0.377. The Hall–Kier alpha value is -2.17. The molecule has 3 aromatic rings. The molecule has 2 N–H and O–H groups in total. The second-order valence-electron chi connectivity index (χ2n) is 5.27. The van der Waals surface area contributed by atoms with Crippen LogP contribution in [0.1, 0.15) is 0 Å². The summed E-state index contributed by atoms with van der Waals surface area (Å²) >= 11 is 0. The van der Waals surface area contributed by atoms with Crippen LogP contribution < -0.4 is 34.3 Å². The van der Waals surface area contributed by atoms with E-state index in [1.165, 1.54) is 25.3 Å². The van der Waals surface area contributed by atoms with Crippen LogP contribution in [0.2, 0.25) is 0 Å². The largest absolute Gasteiger partial charge is 1.00 e. The Labute approximate surface area is 177 Å². The van der Waals surface area contributed by atoms with Crippen LogP contribution in [0.3, 0.4) is 0 Å². The van der Waals surface area contributed by atoms with Crippen LogP contribution in [0, 0.1) is 0 Å². The van der Waals surface area contributed by atoms with E-state index in [4.69, 9.17) is 4.74 Å². The summed E-state index contributed by atoms with van der Waals surface area (Å²) in [6.07, 6.45) is 0. The Morgan fingerprint density at radius 3 is 2.33 bits per heavy atom. The summed E-state index contributed by atoms with van der Waals surface area (Å²) < 4.78 is 39.9. The fourth-order valence-corrected chi connectivity index (χ4v) is 3.19. The molecule has 27 heavy (non-hydrogen) atoms. The average Bonchev–Trinajstić information content (AvgIpc) is 2.60. The number of rotatable bonds is 4. The number of phenolic OH excluding ortho intramolecular Hbond substituents is 2. The van der Waals surface area contributed by atoms with E-state index in [9.17, 15) is 23.2 Å². The summed E-state index contributed by atoms with van der Waals surface area (Å²) in [5, 5.41) is 27.8.